The number of nitrogens with zero attached hydrogens (tertiary/aromatic N) is 1. The molecule has 1 heterocycles. The number of aromatic hydroxyl groups is 1. The van der Waals surface area contributed by atoms with Crippen molar-refractivity contribution in [2.75, 3.05) is 6.54 Å². The largest absolute Gasteiger partial charge is 0.618 e. The van der Waals surface area contributed by atoms with E-state index in [0.29, 0.717) is 11.3 Å². The molecular formula is C15H12N2O5. The molecule has 0 saturated carbocycles. The van der Waals surface area contributed by atoms with Crippen LogP contribution in [0.25, 0.3) is 22.6 Å². The second-order valence-electron chi connectivity index (χ2n) is 4.69. The summed E-state index contributed by atoms with van der Waals surface area (Å²) in [4.78, 5) is 23.5. The molecule has 0 aromatic heterocycles. The van der Waals surface area contributed by atoms with Crippen LogP contribution in [0.5, 0.6) is 5.75 Å². The topological polar surface area (TPSA) is 106 Å². The number of amides is 1. The molecule has 22 heavy (non-hydrogen) atoms. The van der Waals surface area contributed by atoms with Crippen molar-refractivity contribution in [3.05, 3.63) is 51.3 Å². The van der Waals surface area contributed by atoms with Crippen LogP contribution in [0, 0.1) is 5.21 Å². The lowest BCUT2D eigenvalue weighted by molar-refractivity contribution is -0.566. The van der Waals surface area contributed by atoms with Crippen molar-refractivity contribution in [1.82, 2.24) is 5.32 Å². The van der Waals surface area contributed by atoms with Crippen LogP contribution in [0.1, 0.15) is 17.3 Å². The molecule has 1 aliphatic heterocycles. The molecule has 0 unspecified atom stereocenters. The Morgan fingerprint density at radius 1 is 1.36 bits per heavy atom. The molecule has 1 aliphatic carbocycles. The minimum atomic E-state index is -0.563. The fourth-order valence-electron chi connectivity index (χ4n) is 2.28. The average molecular weight is 300 g/mol. The van der Waals surface area contributed by atoms with Crippen molar-refractivity contribution in [2.24, 2.45) is 0 Å². The van der Waals surface area contributed by atoms with E-state index < -0.39 is 5.91 Å². The van der Waals surface area contributed by atoms with Gasteiger partial charge in [-0.2, -0.15) is 4.73 Å². The molecule has 2 aliphatic rings. The van der Waals surface area contributed by atoms with Gasteiger partial charge in [-0.05, 0) is 19.1 Å². The molecule has 0 saturated heterocycles. The van der Waals surface area contributed by atoms with E-state index in [-0.39, 0.29) is 39.3 Å². The van der Waals surface area contributed by atoms with Gasteiger partial charge in [0.05, 0.1) is 0 Å². The number of carbonyl (C=O) groups is 1. The second-order valence-corrected chi connectivity index (χ2v) is 4.69. The number of phenols is 1. The van der Waals surface area contributed by atoms with Crippen LogP contribution in [-0.4, -0.2) is 17.6 Å². The molecule has 0 atom stereocenters. The van der Waals surface area contributed by atoms with Gasteiger partial charge in [-0.25, -0.2) is 0 Å². The third-order valence-corrected chi connectivity index (χ3v) is 3.26. The van der Waals surface area contributed by atoms with Crippen molar-refractivity contribution < 1.29 is 19.0 Å². The molecule has 2 N–H and O–H groups in total. The van der Waals surface area contributed by atoms with Gasteiger partial charge in [0.1, 0.15) is 11.3 Å². The summed E-state index contributed by atoms with van der Waals surface area (Å²) >= 11 is 0. The Balaban J connectivity index is 2.44. The van der Waals surface area contributed by atoms with E-state index in [1.165, 1.54) is 24.3 Å². The smallest absolute Gasteiger partial charge is 0.261 e. The zero-order chi connectivity index (χ0) is 15.9. The predicted molar refractivity (Wildman–Crippen MR) is 77.7 cm³/mol. The highest BCUT2D eigenvalue weighted by atomic mass is 16.5. The summed E-state index contributed by atoms with van der Waals surface area (Å²) in [6.45, 7) is 2.08. The summed E-state index contributed by atoms with van der Waals surface area (Å²) in [5, 5.41) is 24.9. The van der Waals surface area contributed by atoms with Crippen LogP contribution in [-0.2, 0) is 0 Å². The Morgan fingerprint density at radius 3 is 2.86 bits per heavy atom. The van der Waals surface area contributed by atoms with Gasteiger partial charge < -0.3 is 20.0 Å². The van der Waals surface area contributed by atoms with E-state index in [4.69, 9.17) is 4.42 Å². The first-order valence-corrected chi connectivity index (χ1v) is 6.63. The lowest BCUT2D eigenvalue weighted by Crippen LogP contribution is -2.32. The van der Waals surface area contributed by atoms with Gasteiger partial charge in [0, 0.05) is 24.7 Å². The molecule has 3 rings (SSSR count). The highest BCUT2D eigenvalue weighted by molar-refractivity contribution is 6.06. The Kier molecular flexibility index (Phi) is 3.17. The van der Waals surface area contributed by atoms with Gasteiger partial charge >= 0.3 is 0 Å². The number of rotatable bonds is 2. The Morgan fingerprint density at radius 2 is 2.14 bits per heavy atom. The summed E-state index contributed by atoms with van der Waals surface area (Å²) in [6.07, 6.45) is 0. The lowest BCUT2D eigenvalue weighted by atomic mass is 10.1. The van der Waals surface area contributed by atoms with Crippen LogP contribution in [0.3, 0.4) is 0 Å². The minimum absolute atomic E-state index is 0.0474. The summed E-state index contributed by atoms with van der Waals surface area (Å²) < 4.78 is 6.11. The number of nitrogens with one attached hydrogen (secondary N) is 1. The monoisotopic (exact) mass is 300 g/mol. The van der Waals surface area contributed by atoms with Gasteiger partial charge in [-0.3, -0.25) is 9.59 Å². The molecular weight excluding hydrogens is 288 g/mol. The molecule has 1 amide bonds. The van der Waals surface area contributed by atoms with Gasteiger partial charge in [0.25, 0.3) is 17.1 Å². The Bertz CT molecular complexity index is 916. The molecule has 7 heteroatoms. The molecule has 0 bridgehead atoms. The van der Waals surface area contributed by atoms with E-state index in [9.17, 15) is 19.9 Å². The van der Waals surface area contributed by atoms with Crippen molar-refractivity contribution in [3.8, 4) is 17.2 Å². The fourth-order valence-corrected chi connectivity index (χ4v) is 2.28. The maximum atomic E-state index is 12.4. The first kappa shape index (κ1) is 13.9. The summed E-state index contributed by atoms with van der Waals surface area (Å²) in [5.41, 5.74) is -0.277. The van der Waals surface area contributed by atoms with Gasteiger partial charge in [0.2, 0.25) is 11.3 Å². The number of benzene rings is 2. The number of hydrogen-bond donors (Lipinski definition) is 2. The van der Waals surface area contributed by atoms with E-state index in [1.807, 2.05) is 0 Å². The maximum Gasteiger partial charge on any atom is 0.261 e. The summed E-state index contributed by atoms with van der Waals surface area (Å²) in [7, 11) is 0. The molecule has 1 aromatic rings. The molecule has 0 spiro atoms. The van der Waals surface area contributed by atoms with Crippen LogP contribution in [0.2, 0.25) is 0 Å². The third kappa shape index (κ3) is 2.03. The molecule has 0 fully saturated rings. The maximum absolute atomic E-state index is 12.4. The van der Waals surface area contributed by atoms with Crippen LogP contribution in [0.15, 0.2) is 39.5 Å². The zero-order valence-electron chi connectivity index (χ0n) is 11.6. The Labute approximate surface area is 124 Å². The van der Waals surface area contributed by atoms with Crippen molar-refractivity contribution >= 4 is 17.0 Å². The van der Waals surface area contributed by atoms with Crippen molar-refractivity contribution in [2.45, 2.75) is 6.92 Å². The van der Waals surface area contributed by atoms with Crippen LogP contribution in [0.4, 0.5) is 0 Å². The average Bonchev–Trinajstić information content (AvgIpc) is 2.47. The molecule has 1 aromatic carbocycles. The number of aromatic nitrogens is 1. The highest BCUT2D eigenvalue weighted by Gasteiger charge is 2.25. The Hall–Kier alpha value is -3.09. The van der Waals surface area contributed by atoms with Crippen LogP contribution < -0.4 is 15.5 Å². The second kappa shape index (κ2) is 5.03. The van der Waals surface area contributed by atoms with E-state index in [1.54, 1.807) is 6.92 Å². The quantitative estimate of drug-likeness (QED) is 0.417. The van der Waals surface area contributed by atoms with Crippen LogP contribution >= 0.6 is 0 Å². The number of hydrogen-bond acceptors (Lipinski definition) is 5. The summed E-state index contributed by atoms with van der Waals surface area (Å²) in [6, 6.07) is 6.38. The summed E-state index contributed by atoms with van der Waals surface area (Å²) in [5.74, 6) is -0.821. The first-order valence-electron chi connectivity index (χ1n) is 6.63. The fraction of sp³-hybridized carbons (Fsp3) is 0.133. The lowest BCUT2D eigenvalue weighted by Gasteiger charge is -2.12. The number of phenolic OH excluding ortho intramolecular Hbond substituents is 1. The highest BCUT2D eigenvalue weighted by Crippen LogP contribution is 2.29. The predicted octanol–water partition coefficient (Wildman–Crippen LogP) is 0.986. The molecule has 0 radical (unpaired) electrons. The minimum Gasteiger partial charge on any atom is -0.618 e. The number of carbonyl (C=O) groups excluding carboxylic acids is 1. The van der Waals surface area contributed by atoms with E-state index >= 15 is 0 Å². The molecule has 7 nitrogen and oxygen atoms in total. The standard InChI is InChI=1S/C15H12N2O5/c1-2-16-15(20)13-11(19)6-5-10-14(13)22-12-7-8(18)3-4-9(12)17(10)21/h3-7,19H,2H2,1H3,(H,16,20). The number of fused-ring (bicyclic) bond motifs is 2. The van der Waals surface area contributed by atoms with Gasteiger partial charge in [0.15, 0.2) is 5.43 Å². The first-order chi connectivity index (χ1) is 10.5. The van der Waals surface area contributed by atoms with E-state index in [0.717, 1.165) is 6.07 Å². The normalized spacial score (nSPS) is 11.0. The molecule has 112 valence electrons. The van der Waals surface area contributed by atoms with Crippen molar-refractivity contribution in [1.29, 1.82) is 0 Å². The third-order valence-electron chi connectivity index (χ3n) is 3.26. The van der Waals surface area contributed by atoms with E-state index in [2.05, 4.69) is 5.32 Å². The SMILES string of the molecule is CCNC(=O)c1c(O)ccc2c1oc1cc(=O)ccc-1[n+]2[O-]. The van der Waals surface area contributed by atoms with Gasteiger partial charge in [-0.15, -0.1) is 0 Å². The van der Waals surface area contributed by atoms with Crippen molar-refractivity contribution in [3.63, 3.8) is 0 Å². The zero-order valence-corrected chi connectivity index (χ0v) is 11.6. The van der Waals surface area contributed by atoms with Gasteiger partial charge in [-0.1, -0.05) is 0 Å².